The van der Waals surface area contributed by atoms with Gasteiger partial charge in [0.1, 0.15) is 11.7 Å². The van der Waals surface area contributed by atoms with Crippen molar-refractivity contribution in [2.75, 3.05) is 6.54 Å². The van der Waals surface area contributed by atoms with Gasteiger partial charge in [0, 0.05) is 25.4 Å². The second-order valence-corrected chi connectivity index (χ2v) is 6.77. The molecule has 1 amide bonds. The first-order valence-corrected chi connectivity index (χ1v) is 7.45. The van der Waals surface area contributed by atoms with Crippen molar-refractivity contribution in [1.29, 1.82) is 0 Å². The Hall–Kier alpha value is -1.26. The first kappa shape index (κ1) is 15.1. The number of carbonyl (C=O) groups excluding carboxylic acids is 2. The van der Waals surface area contributed by atoms with E-state index in [2.05, 4.69) is 0 Å². The predicted molar refractivity (Wildman–Crippen MR) is 74.2 cm³/mol. The van der Waals surface area contributed by atoms with E-state index in [0.717, 1.165) is 25.7 Å². The van der Waals surface area contributed by atoms with Crippen LogP contribution in [0.2, 0.25) is 0 Å². The zero-order chi connectivity index (χ0) is 14.9. The van der Waals surface area contributed by atoms with Gasteiger partial charge in [-0.05, 0) is 46.5 Å². The van der Waals surface area contributed by atoms with Crippen LogP contribution in [0.25, 0.3) is 0 Å². The number of hydrogen-bond donors (Lipinski definition) is 0. The molecule has 114 valence electrons. The minimum atomic E-state index is -0.473. The van der Waals surface area contributed by atoms with Crippen molar-refractivity contribution >= 4 is 12.1 Å². The number of ether oxygens (including phenoxy) is 2. The summed E-state index contributed by atoms with van der Waals surface area (Å²) in [5.74, 6) is 0.0338. The molecule has 0 aromatic rings. The Labute approximate surface area is 120 Å². The number of rotatable bonds is 1. The van der Waals surface area contributed by atoms with Gasteiger partial charge in [-0.1, -0.05) is 0 Å². The van der Waals surface area contributed by atoms with Crippen molar-refractivity contribution in [3.8, 4) is 0 Å². The van der Waals surface area contributed by atoms with Crippen LogP contribution < -0.4 is 0 Å². The van der Waals surface area contributed by atoms with Crippen LogP contribution in [0.4, 0.5) is 4.79 Å². The molecule has 0 radical (unpaired) electrons. The van der Waals surface area contributed by atoms with Gasteiger partial charge in [0.25, 0.3) is 0 Å². The molecular formula is C15H25NO4. The van der Waals surface area contributed by atoms with Crippen LogP contribution in [0.3, 0.4) is 0 Å². The van der Waals surface area contributed by atoms with Gasteiger partial charge in [-0.3, -0.25) is 4.79 Å². The van der Waals surface area contributed by atoms with Crippen molar-refractivity contribution in [1.82, 2.24) is 4.90 Å². The number of carbonyl (C=O) groups is 2. The van der Waals surface area contributed by atoms with Crippen molar-refractivity contribution in [2.24, 2.45) is 5.92 Å². The monoisotopic (exact) mass is 283 g/mol. The van der Waals surface area contributed by atoms with Gasteiger partial charge in [0.05, 0.1) is 0 Å². The van der Waals surface area contributed by atoms with E-state index in [9.17, 15) is 9.59 Å². The Bertz CT molecular complexity index is 388. The summed E-state index contributed by atoms with van der Waals surface area (Å²) in [6, 6.07) is 0.156. The van der Waals surface area contributed by atoms with E-state index in [-0.39, 0.29) is 30.1 Å². The molecule has 0 aromatic carbocycles. The molecule has 5 heteroatoms. The second kappa shape index (κ2) is 5.62. The smallest absolute Gasteiger partial charge is 0.410 e. The molecule has 1 saturated heterocycles. The zero-order valence-corrected chi connectivity index (χ0v) is 12.8. The minimum Gasteiger partial charge on any atom is -0.462 e. The summed E-state index contributed by atoms with van der Waals surface area (Å²) >= 11 is 0. The summed E-state index contributed by atoms with van der Waals surface area (Å²) in [7, 11) is 0. The summed E-state index contributed by atoms with van der Waals surface area (Å²) in [6.45, 7) is 7.77. The lowest BCUT2D eigenvalue weighted by molar-refractivity contribution is -0.151. The Balaban J connectivity index is 2.02. The molecule has 2 rings (SSSR count). The van der Waals surface area contributed by atoms with Gasteiger partial charge in [-0.25, -0.2) is 4.79 Å². The standard InChI is InChI=1S/C15H25NO4/c1-10(17)19-13-7-5-6-12-11(13)8-9-16(12)14(18)20-15(2,3)4/h11-13H,5-9H2,1-4H3/t11-,12+,13+/m0/s1. The number of esters is 1. The third-order valence-corrected chi connectivity index (χ3v) is 4.01. The highest BCUT2D eigenvalue weighted by Gasteiger charge is 2.45. The van der Waals surface area contributed by atoms with Gasteiger partial charge in [-0.2, -0.15) is 0 Å². The Morgan fingerprint density at radius 2 is 1.85 bits per heavy atom. The van der Waals surface area contributed by atoms with Crippen LogP contribution in [0, 0.1) is 5.92 Å². The average molecular weight is 283 g/mol. The summed E-state index contributed by atoms with van der Waals surface area (Å²) in [4.78, 5) is 25.2. The van der Waals surface area contributed by atoms with E-state index in [4.69, 9.17) is 9.47 Å². The van der Waals surface area contributed by atoms with Crippen molar-refractivity contribution in [2.45, 2.75) is 71.1 Å². The lowest BCUT2D eigenvalue weighted by atomic mass is 9.82. The van der Waals surface area contributed by atoms with Crippen LogP contribution >= 0.6 is 0 Å². The molecule has 1 aliphatic heterocycles. The third kappa shape index (κ3) is 3.44. The molecule has 2 fully saturated rings. The maximum absolute atomic E-state index is 12.2. The molecule has 0 unspecified atom stereocenters. The quantitative estimate of drug-likeness (QED) is 0.694. The molecule has 1 saturated carbocycles. The molecule has 1 aliphatic carbocycles. The van der Waals surface area contributed by atoms with Crippen molar-refractivity contribution in [3.63, 3.8) is 0 Å². The van der Waals surface area contributed by atoms with E-state index < -0.39 is 5.60 Å². The van der Waals surface area contributed by atoms with E-state index >= 15 is 0 Å². The van der Waals surface area contributed by atoms with Crippen molar-refractivity contribution in [3.05, 3.63) is 0 Å². The highest BCUT2D eigenvalue weighted by atomic mass is 16.6. The number of nitrogens with zero attached hydrogens (tertiary/aromatic N) is 1. The fraction of sp³-hybridized carbons (Fsp3) is 0.867. The zero-order valence-electron chi connectivity index (χ0n) is 12.8. The lowest BCUT2D eigenvalue weighted by Crippen LogP contribution is -2.46. The molecule has 5 nitrogen and oxygen atoms in total. The molecular weight excluding hydrogens is 258 g/mol. The second-order valence-electron chi connectivity index (χ2n) is 6.77. The normalized spacial score (nSPS) is 29.8. The van der Waals surface area contributed by atoms with Gasteiger partial charge < -0.3 is 14.4 Å². The van der Waals surface area contributed by atoms with Crippen LogP contribution in [0.15, 0.2) is 0 Å². The molecule has 0 bridgehead atoms. The van der Waals surface area contributed by atoms with Crippen molar-refractivity contribution < 1.29 is 19.1 Å². The maximum atomic E-state index is 12.2. The van der Waals surface area contributed by atoms with Crippen LogP contribution in [-0.2, 0) is 14.3 Å². The molecule has 0 spiro atoms. The summed E-state index contributed by atoms with van der Waals surface area (Å²) in [5, 5.41) is 0. The topological polar surface area (TPSA) is 55.8 Å². The summed E-state index contributed by atoms with van der Waals surface area (Å²) in [6.07, 6.45) is 3.47. The van der Waals surface area contributed by atoms with Gasteiger partial charge in [0.2, 0.25) is 0 Å². The fourth-order valence-corrected chi connectivity index (χ4v) is 3.33. The molecule has 0 aromatic heterocycles. The van der Waals surface area contributed by atoms with E-state index in [1.54, 1.807) is 0 Å². The Morgan fingerprint density at radius 3 is 2.45 bits per heavy atom. The molecule has 20 heavy (non-hydrogen) atoms. The molecule has 2 aliphatic rings. The number of fused-ring (bicyclic) bond motifs is 1. The van der Waals surface area contributed by atoms with Gasteiger partial charge >= 0.3 is 12.1 Å². The summed E-state index contributed by atoms with van der Waals surface area (Å²) < 4.78 is 10.9. The highest BCUT2D eigenvalue weighted by Crippen LogP contribution is 2.38. The van der Waals surface area contributed by atoms with Crippen LogP contribution in [0.5, 0.6) is 0 Å². The fourth-order valence-electron chi connectivity index (χ4n) is 3.33. The third-order valence-electron chi connectivity index (χ3n) is 4.01. The first-order valence-electron chi connectivity index (χ1n) is 7.45. The molecule has 0 N–H and O–H groups in total. The molecule has 3 atom stereocenters. The summed E-state index contributed by atoms with van der Waals surface area (Å²) in [5.41, 5.74) is -0.473. The SMILES string of the molecule is CC(=O)O[C@@H]1CCC[C@@H]2[C@@H]1CCN2C(=O)OC(C)(C)C. The van der Waals surface area contributed by atoms with E-state index in [1.165, 1.54) is 6.92 Å². The number of amides is 1. The van der Waals surface area contributed by atoms with E-state index in [1.807, 2.05) is 25.7 Å². The van der Waals surface area contributed by atoms with Crippen LogP contribution in [0.1, 0.15) is 53.4 Å². The number of hydrogen-bond acceptors (Lipinski definition) is 4. The minimum absolute atomic E-state index is 0.0429. The van der Waals surface area contributed by atoms with Crippen LogP contribution in [-0.4, -0.2) is 41.3 Å². The Morgan fingerprint density at radius 1 is 1.15 bits per heavy atom. The predicted octanol–water partition coefficient (Wildman–Crippen LogP) is 2.73. The average Bonchev–Trinajstić information content (AvgIpc) is 2.70. The number of likely N-dealkylation sites (tertiary alicyclic amines) is 1. The first-order chi connectivity index (χ1) is 9.28. The lowest BCUT2D eigenvalue weighted by Gasteiger charge is -2.36. The Kier molecular flexibility index (Phi) is 4.25. The largest absolute Gasteiger partial charge is 0.462 e. The maximum Gasteiger partial charge on any atom is 0.410 e. The molecule has 1 heterocycles. The van der Waals surface area contributed by atoms with Gasteiger partial charge in [0.15, 0.2) is 0 Å². The highest BCUT2D eigenvalue weighted by molar-refractivity contribution is 5.69. The van der Waals surface area contributed by atoms with E-state index in [0.29, 0.717) is 6.54 Å². The van der Waals surface area contributed by atoms with Gasteiger partial charge in [-0.15, -0.1) is 0 Å².